The predicted octanol–water partition coefficient (Wildman–Crippen LogP) is -1.04. The van der Waals surface area contributed by atoms with Crippen LogP contribution in [0.5, 0.6) is 0 Å². The minimum absolute atomic E-state index is 0. The van der Waals surface area contributed by atoms with Crippen molar-refractivity contribution in [3.8, 4) is 0 Å². The first kappa shape index (κ1) is 23.2. The van der Waals surface area contributed by atoms with Gasteiger partial charge in [0.05, 0.1) is 5.97 Å². The molecule has 0 saturated carbocycles. The van der Waals surface area contributed by atoms with Gasteiger partial charge >= 0.3 is 29.6 Å². The summed E-state index contributed by atoms with van der Waals surface area (Å²) in [6.07, 6.45) is 13.2. The van der Waals surface area contributed by atoms with Crippen LogP contribution in [-0.2, 0) is 9.59 Å². The Balaban J connectivity index is 0. The van der Waals surface area contributed by atoms with Gasteiger partial charge in [-0.1, -0.05) is 44.9 Å². The van der Waals surface area contributed by atoms with Crippen LogP contribution >= 0.6 is 0 Å². The Morgan fingerprint density at radius 1 is 1.00 bits per heavy atom. The van der Waals surface area contributed by atoms with E-state index in [1.807, 2.05) is 7.05 Å². The van der Waals surface area contributed by atoms with E-state index in [0.29, 0.717) is 0 Å². The third-order valence-electron chi connectivity index (χ3n) is 3.37. The fraction of sp³-hybridized carbons (Fsp3) is 0.812. The van der Waals surface area contributed by atoms with Crippen LogP contribution in [0.4, 0.5) is 0 Å². The molecule has 0 rings (SSSR count). The van der Waals surface area contributed by atoms with Gasteiger partial charge < -0.3 is 14.8 Å². The van der Waals surface area contributed by atoms with Crippen LogP contribution in [0.3, 0.4) is 0 Å². The second kappa shape index (κ2) is 17.9. The molecular weight excluding hydrogens is 277 g/mol. The van der Waals surface area contributed by atoms with Gasteiger partial charge in [0.25, 0.3) is 0 Å². The summed E-state index contributed by atoms with van der Waals surface area (Å²) in [6, 6.07) is 0. The Morgan fingerprint density at radius 2 is 1.48 bits per heavy atom. The predicted molar refractivity (Wildman–Crippen MR) is 78.9 cm³/mol. The molecule has 0 aromatic carbocycles. The van der Waals surface area contributed by atoms with Crippen molar-refractivity contribution in [2.45, 2.75) is 64.2 Å². The molecule has 0 heterocycles. The van der Waals surface area contributed by atoms with Gasteiger partial charge in [-0.2, -0.15) is 0 Å². The van der Waals surface area contributed by atoms with E-state index in [0.717, 1.165) is 25.8 Å². The molecule has 0 aliphatic rings. The molecule has 0 aliphatic heterocycles. The van der Waals surface area contributed by atoms with E-state index in [2.05, 4.69) is 0 Å². The molecule has 0 radical (unpaired) electrons. The number of nitrogens with zero attached hydrogens (tertiary/aromatic N) is 1. The molecule has 0 aliphatic carbocycles. The number of likely N-dealkylation sites (N-methyl/N-ethyl adjacent to an activating group) is 1. The summed E-state index contributed by atoms with van der Waals surface area (Å²) < 4.78 is 0. The van der Waals surface area contributed by atoms with E-state index < -0.39 is 5.97 Å². The van der Waals surface area contributed by atoms with Gasteiger partial charge in [0, 0.05) is 6.54 Å². The van der Waals surface area contributed by atoms with Gasteiger partial charge in [-0.05, 0) is 38.9 Å². The zero-order valence-electron chi connectivity index (χ0n) is 13.7. The van der Waals surface area contributed by atoms with Crippen molar-refractivity contribution >= 4 is 11.9 Å². The number of hydrogen-bond donors (Lipinski definition) is 0. The number of rotatable bonds is 14. The van der Waals surface area contributed by atoms with Crippen molar-refractivity contribution in [1.82, 2.24) is 4.90 Å². The maximum absolute atomic E-state index is 10.4. The van der Waals surface area contributed by atoms with E-state index in [1.54, 1.807) is 16.9 Å². The van der Waals surface area contributed by atoms with Crippen molar-refractivity contribution < 1.29 is 44.3 Å². The molecule has 0 aromatic rings. The average Bonchev–Trinajstić information content (AvgIpc) is 2.39. The summed E-state index contributed by atoms with van der Waals surface area (Å²) in [4.78, 5) is 22.1. The van der Waals surface area contributed by atoms with Crippen LogP contribution < -0.4 is 34.7 Å². The number of carbonyl (C=O) groups excluding carboxylic acids is 2. The fourth-order valence-corrected chi connectivity index (χ4v) is 2.22. The summed E-state index contributed by atoms with van der Waals surface area (Å²) in [7, 11) is 1.82. The van der Waals surface area contributed by atoms with Crippen LogP contribution in [-0.4, -0.2) is 36.9 Å². The molecule has 0 bridgehead atoms. The number of carbonyl (C=O) groups is 1. The molecule has 0 spiro atoms. The van der Waals surface area contributed by atoms with E-state index in [4.69, 9.17) is 0 Å². The molecule has 5 heteroatoms. The van der Waals surface area contributed by atoms with Crippen molar-refractivity contribution in [3.63, 3.8) is 0 Å². The Hall–Kier alpha value is -0.120. The Morgan fingerprint density at radius 3 is 1.95 bits per heavy atom. The monoisotopic (exact) mass is 305 g/mol. The van der Waals surface area contributed by atoms with E-state index in [1.165, 1.54) is 44.9 Å². The van der Waals surface area contributed by atoms with E-state index in [-0.39, 0.29) is 36.1 Å². The average molecular weight is 305 g/mol. The zero-order valence-corrected chi connectivity index (χ0v) is 15.7. The zero-order chi connectivity index (χ0) is 15.1. The number of unbranched alkanes of at least 4 members (excludes halogenated alkanes) is 9. The SMILES string of the molecule is CN(CCCCCCCCCCCC=C=O)CC(=O)[O-].[Na+]. The Kier molecular flexibility index (Phi) is 19.8. The summed E-state index contributed by atoms with van der Waals surface area (Å²) in [5.41, 5.74) is 0. The third-order valence-corrected chi connectivity index (χ3v) is 3.37. The molecule has 0 amide bonds. The summed E-state index contributed by atoms with van der Waals surface area (Å²) in [6.45, 7) is 0.859. The third kappa shape index (κ3) is 19.9. The number of carboxylic acid groups (broad SMARTS) is 1. The van der Waals surface area contributed by atoms with Crippen molar-refractivity contribution in [2.24, 2.45) is 0 Å². The molecule has 0 N–H and O–H groups in total. The number of carboxylic acids is 1. The Bertz CT molecular complexity index is 291. The van der Waals surface area contributed by atoms with Crippen molar-refractivity contribution in [2.75, 3.05) is 20.1 Å². The van der Waals surface area contributed by atoms with Crippen molar-refractivity contribution in [1.29, 1.82) is 0 Å². The maximum atomic E-state index is 10.4. The quantitative estimate of drug-likeness (QED) is 0.234. The largest absolute Gasteiger partial charge is 1.00 e. The summed E-state index contributed by atoms with van der Waals surface area (Å²) in [5, 5.41) is 10.4. The molecule has 0 aromatic heterocycles. The molecule has 0 unspecified atom stereocenters. The first-order chi connectivity index (χ1) is 9.66. The first-order valence-corrected chi connectivity index (χ1v) is 7.74. The number of hydrogen-bond acceptors (Lipinski definition) is 4. The summed E-state index contributed by atoms with van der Waals surface area (Å²) in [5.74, 6) is 0.799. The van der Waals surface area contributed by atoms with Gasteiger partial charge in [0.2, 0.25) is 0 Å². The van der Waals surface area contributed by atoms with Crippen LogP contribution in [0.25, 0.3) is 0 Å². The standard InChI is InChI=1S/C16H29NO3.Na/c1-17(15-16(19)20)13-11-9-7-5-3-2-4-6-8-10-12-14-18;/h12H,2-11,13,15H2,1H3,(H,19,20);/q;+1/p-1. The maximum Gasteiger partial charge on any atom is 1.00 e. The number of allylic oxidation sites excluding steroid dienone is 1. The molecule has 0 atom stereocenters. The van der Waals surface area contributed by atoms with E-state index in [9.17, 15) is 14.7 Å². The van der Waals surface area contributed by atoms with Crippen LogP contribution in [0.15, 0.2) is 6.08 Å². The van der Waals surface area contributed by atoms with Crippen LogP contribution in [0.1, 0.15) is 64.2 Å². The molecule has 0 saturated heterocycles. The summed E-state index contributed by atoms with van der Waals surface area (Å²) >= 11 is 0. The smallest absolute Gasteiger partial charge is 0.549 e. The Labute approximate surface area is 151 Å². The molecular formula is C16H28NNaO3. The minimum Gasteiger partial charge on any atom is -0.549 e. The van der Waals surface area contributed by atoms with E-state index >= 15 is 0 Å². The first-order valence-electron chi connectivity index (χ1n) is 7.74. The molecule has 21 heavy (non-hydrogen) atoms. The topological polar surface area (TPSA) is 60.4 Å². The van der Waals surface area contributed by atoms with Crippen LogP contribution in [0, 0.1) is 0 Å². The van der Waals surface area contributed by atoms with Crippen LogP contribution in [0.2, 0.25) is 0 Å². The second-order valence-electron chi connectivity index (χ2n) is 5.40. The minimum atomic E-state index is -1.00. The van der Waals surface area contributed by atoms with Gasteiger partial charge in [0.1, 0.15) is 5.94 Å². The van der Waals surface area contributed by atoms with Gasteiger partial charge in [-0.25, -0.2) is 4.79 Å². The molecule has 4 nitrogen and oxygen atoms in total. The normalized spacial score (nSPS) is 10.0. The second-order valence-corrected chi connectivity index (χ2v) is 5.40. The van der Waals surface area contributed by atoms with Crippen molar-refractivity contribution in [3.05, 3.63) is 6.08 Å². The molecule has 116 valence electrons. The number of aliphatic carboxylic acids is 1. The fourth-order valence-electron chi connectivity index (χ4n) is 2.22. The van der Waals surface area contributed by atoms with Gasteiger partial charge in [-0.15, -0.1) is 0 Å². The van der Waals surface area contributed by atoms with Gasteiger partial charge in [0.15, 0.2) is 0 Å². The molecule has 0 fully saturated rings. The van der Waals surface area contributed by atoms with Gasteiger partial charge in [-0.3, -0.25) is 0 Å².